The second-order valence-corrected chi connectivity index (χ2v) is 7.23. The molecule has 158 valence electrons. The molecule has 6 nitrogen and oxygen atoms in total. The van der Waals surface area contributed by atoms with E-state index in [0.29, 0.717) is 18.5 Å². The highest BCUT2D eigenvalue weighted by molar-refractivity contribution is 14.0. The molecule has 1 unspecified atom stereocenters. The van der Waals surface area contributed by atoms with Gasteiger partial charge in [-0.1, -0.05) is 42.5 Å². The van der Waals surface area contributed by atoms with Crippen molar-refractivity contribution in [2.45, 2.75) is 32.9 Å². The first-order valence-electron chi connectivity index (χ1n) is 9.40. The van der Waals surface area contributed by atoms with Gasteiger partial charge < -0.3 is 15.5 Å². The van der Waals surface area contributed by atoms with E-state index in [9.17, 15) is 4.79 Å². The van der Waals surface area contributed by atoms with Crippen LogP contribution in [0, 0.1) is 0 Å². The van der Waals surface area contributed by atoms with Crippen LogP contribution in [0.1, 0.15) is 25.8 Å². The molecule has 1 rings (SSSR count). The summed E-state index contributed by atoms with van der Waals surface area (Å²) in [5.41, 5.74) is 2.33. The van der Waals surface area contributed by atoms with Crippen LogP contribution in [-0.4, -0.2) is 68.5 Å². The normalized spacial score (nSPS) is 12.1. The minimum atomic E-state index is -0.0256. The molecule has 1 atom stereocenters. The summed E-state index contributed by atoms with van der Waals surface area (Å²) in [5.74, 6) is 0.619. The second-order valence-electron chi connectivity index (χ2n) is 7.23. The molecule has 0 fully saturated rings. The minimum absolute atomic E-state index is 0. The number of likely N-dealkylation sites (N-methyl/N-ethyl adjacent to an activating group) is 1. The zero-order valence-electron chi connectivity index (χ0n) is 17.9. The molecule has 0 aliphatic rings. The smallest absolute Gasteiger partial charge is 0.243 e. The van der Waals surface area contributed by atoms with Gasteiger partial charge in [-0.15, -0.1) is 24.0 Å². The molecule has 7 heteroatoms. The van der Waals surface area contributed by atoms with E-state index < -0.39 is 0 Å². The summed E-state index contributed by atoms with van der Waals surface area (Å²) in [4.78, 5) is 20.0. The monoisotopic (exact) mass is 501 g/mol. The lowest BCUT2D eigenvalue weighted by Gasteiger charge is -2.25. The van der Waals surface area contributed by atoms with Crippen LogP contribution >= 0.6 is 24.0 Å². The third-order valence-electron chi connectivity index (χ3n) is 4.31. The van der Waals surface area contributed by atoms with Gasteiger partial charge in [0.2, 0.25) is 5.91 Å². The van der Waals surface area contributed by atoms with Crippen LogP contribution in [0.3, 0.4) is 0 Å². The molecular weight excluding hydrogens is 465 g/mol. The number of hydrogen-bond donors (Lipinski definition) is 2. The number of benzene rings is 1. The lowest BCUT2D eigenvalue weighted by Crippen LogP contribution is -2.41. The molecule has 0 spiro atoms. The van der Waals surface area contributed by atoms with Crippen molar-refractivity contribution >= 4 is 35.8 Å². The molecule has 0 radical (unpaired) electrons. The molecule has 0 heterocycles. The van der Waals surface area contributed by atoms with Gasteiger partial charge in [0.05, 0.1) is 0 Å². The Morgan fingerprint density at radius 2 is 1.82 bits per heavy atom. The summed E-state index contributed by atoms with van der Waals surface area (Å²) in [5, 5.41) is 6.53. The fourth-order valence-corrected chi connectivity index (χ4v) is 2.34. The molecule has 0 aliphatic carbocycles. The van der Waals surface area contributed by atoms with Crippen molar-refractivity contribution in [3.05, 3.63) is 48.0 Å². The van der Waals surface area contributed by atoms with E-state index in [1.54, 1.807) is 19.0 Å². The summed E-state index contributed by atoms with van der Waals surface area (Å²) >= 11 is 0. The molecular formula is C21H36IN5O. The van der Waals surface area contributed by atoms with E-state index in [2.05, 4.69) is 65.3 Å². The number of nitrogens with one attached hydrogen (secondary N) is 2. The second kappa shape index (κ2) is 14.4. The Balaban J connectivity index is 0.00000729. The number of rotatable bonds is 10. The molecule has 0 aromatic heterocycles. The van der Waals surface area contributed by atoms with Crippen molar-refractivity contribution in [1.82, 2.24) is 20.4 Å². The third-order valence-corrected chi connectivity index (χ3v) is 4.31. The number of carbonyl (C=O) groups excluding carboxylic acids is 1. The van der Waals surface area contributed by atoms with Gasteiger partial charge in [0.25, 0.3) is 0 Å². The van der Waals surface area contributed by atoms with Crippen LogP contribution in [0.4, 0.5) is 0 Å². The lowest BCUT2D eigenvalue weighted by molar-refractivity contribution is -0.127. The highest BCUT2D eigenvalue weighted by Gasteiger charge is 2.10. The molecule has 1 aromatic carbocycles. The first-order chi connectivity index (χ1) is 12.8. The number of halogens is 1. The third kappa shape index (κ3) is 11.3. The van der Waals surface area contributed by atoms with Gasteiger partial charge in [-0.25, -0.2) is 4.99 Å². The zero-order chi connectivity index (χ0) is 20.2. The molecule has 1 amide bonds. The largest absolute Gasteiger partial charge is 0.356 e. The Morgan fingerprint density at radius 1 is 1.18 bits per heavy atom. The summed E-state index contributed by atoms with van der Waals surface area (Å²) in [7, 11) is 5.61. The van der Waals surface area contributed by atoms with Crippen molar-refractivity contribution in [3.8, 4) is 0 Å². The fraction of sp³-hybridized carbons (Fsp3) is 0.524. The van der Waals surface area contributed by atoms with E-state index in [0.717, 1.165) is 25.1 Å². The number of carbonyl (C=O) groups is 1. The van der Waals surface area contributed by atoms with Gasteiger partial charge in [-0.05, 0) is 32.9 Å². The highest BCUT2D eigenvalue weighted by atomic mass is 127. The molecule has 28 heavy (non-hydrogen) atoms. The van der Waals surface area contributed by atoms with Gasteiger partial charge in [0.15, 0.2) is 5.96 Å². The van der Waals surface area contributed by atoms with Gasteiger partial charge in [0, 0.05) is 39.8 Å². The van der Waals surface area contributed by atoms with Crippen LogP contribution in [0.25, 0.3) is 0 Å². The Labute approximate surface area is 187 Å². The van der Waals surface area contributed by atoms with E-state index in [1.165, 1.54) is 5.56 Å². The van der Waals surface area contributed by atoms with Crippen molar-refractivity contribution in [1.29, 1.82) is 0 Å². The highest BCUT2D eigenvalue weighted by Crippen LogP contribution is 2.07. The van der Waals surface area contributed by atoms with Crippen molar-refractivity contribution in [2.24, 2.45) is 4.99 Å². The van der Waals surface area contributed by atoms with Gasteiger partial charge in [-0.2, -0.15) is 0 Å². The number of hydrogen-bond acceptors (Lipinski definition) is 3. The van der Waals surface area contributed by atoms with E-state index in [1.807, 2.05) is 13.0 Å². The molecule has 2 N–H and O–H groups in total. The maximum Gasteiger partial charge on any atom is 0.243 e. The number of nitrogens with zero attached hydrogens (tertiary/aromatic N) is 3. The van der Waals surface area contributed by atoms with Crippen LogP contribution in [0.15, 0.2) is 47.5 Å². The van der Waals surface area contributed by atoms with Gasteiger partial charge in [0.1, 0.15) is 6.54 Å². The topological polar surface area (TPSA) is 60.0 Å². The quantitative estimate of drug-likeness (QED) is 0.224. The van der Waals surface area contributed by atoms with Crippen LogP contribution in [0.5, 0.6) is 0 Å². The number of guanidine groups is 1. The van der Waals surface area contributed by atoms with Crippen molar-refractivity contribution < 1.29 is 4.79 Å². The number of amides is 1. The number of aliphatic imine (C=N–C) groups is 1. The van der Waals surface area contributed by atoms with Crippen molar-refractivity contribution in [3.63, 3.8) is 0 Å². The predicted octanol–water partition coefficient (Wildman–Crippen LogP) is 2.71. The Morgan fingerprint density at radius 3 is 2.39 bits per heavy atom. The minimum Gasteiger partial charge on any atom is -0.356 e. The molecule has 0 aliphatic heterocycles. The molecule has 0 bridgehead atoms. The molecule has 0 saturated carbocycles. The lowest BCUT2D eigenvalue weighted by atomic mass is 10.1. The van der Waals surface area contributed by atoms with Crippen LogP contribution in [0.2, 0.25) is 0 Å². The summed E-state index contributed by atoms with van der Waals surface area (Å²) in [6, 6.07) is 10.9. The standard InChI is InChI=1S/C21H35N5O.HI/c1-17(2)14-23-21(24-15-20(27)25(4)5)22-13-12-18(3)26(6)16-19-10-8-7-9-11-19;/h7-11,18H,1,12-16H2,2-6H3,(H2,22,23,24);1H. The average Bonchev–Trinajstić information content (AvgIpc) is 2.63. The van der Waals surface area contributed by atoms with E-state index >= 15 is 0 Å². The summed E-state index contributed by atoms with van der Waals surface area (Å²) < 4.78 is 0. The van der Waals surface area contributed by atoms with E-state index in [4.69, 9.17) is 0 Å². The first kappa shape index (κ1) is 26.4. The molecule has 1 aromatic rings. The van der Waals surface area contributed by atoms with E-state index in [-0.39, 0.29) is 36.4 Å². The maximum atomic E-state index is 11.8. The Bertz CT molecular complexity index is 618. The average molecular weight is 501 g/mol. The van der Waals surface area contributed by atoms with Crippen LogP contribution < -0.4 is 10.6 Å². The maximum absolute atomic E-state index is 11.8. The summed E-state index contributed by atoms with van der Waals surface area (Å²) in [6.07, 6.45) is 0.971. The van der Waals surface area contributed by atoms with Crippen molar-refractivity contribution in [2.75, 3.05) is 40.8 Å². The van der Waals surface area contributed by atoms with Gasteiger partial charge >= 0.3 is 0 Å². The fourth-order valence-electron chi connectivity index (χ4n) is 2.34. The molecule has 0 saturated heterocycles. The first-order valence-corrected chi connectivity index (χ1v) is 9.40. The summed E-state index contributed by atoms with van der Waals surface area (Å²) in [6.45, 7) is 10.5. The SMILES string of the molecule is C=C(C)CNC(=NCC(=O)N(C)C)NCCC(C)N(C)Cc1ccccc1.I. The van der Waals surface area contributed by atoms with Crippen LogP contribution in [-0.2, 0) is 11.3 Å². The van der Waals surface area contributed by atoms with Gasteiger partial charge in [-0.3, -0.25) is 9.69 Å². The Hall–Kier alpha value is -1.61. The Kier molecular flexibility index (Phi) is 13.6. The predicted molar refractivity (Wildman–Crippen MR) is 129 cm³/mol. The zero-order valence-corrected chi connectivity index (χ0v) is 20.2.